The van der Waals surface area contributed by atoms with E-state index in [9.17, 15) is 8.42 Å². The Morgan fingerprint density at radius 1 is 1.52 bits per heavy atom. The molecule has 5 nitrogen and oxygen atoms in total. The van der Waals surface area contributed by atoms with Gasteiger partial charge < -0.3 is 0 Å². The van der Waals surface area contributed by atoms with Crippen molar-refractivity contribution in [2.45, 2.75) is 12.6 Å². The average Bonchev–Trinajstić information content (AvgIpc) is 3.01. The Morgan fingerprint density at radius 3 is 2.95 bits per heavy atom. The highest BCUT2D eigenvalue weighted by molar-refractivity contribution is 7.91. The quantitative estimate of drug-likeness (QED) is 0.855. The predicted molar refractivity (Wildman–Crippen MR) is 84.3 cm³/mol. The summed E-state index contributed by atoms with van der Waals surface area (Å²) >= 11 is 7.76. The molecule has 0 amide bonds. The molecular weight excluding hydrogens is 330 g/mol. The lowest BCUT2D eigenvalue weighted by molar-refractivity contribution is 0.208. The van der Waals surface area contributed by atoms with Crippen LogP contribution in [0.4, 0.5) is 0 Å². The van der Waals surface area contributed by atoms with E-state index in [1.54, 1.807) is 22.2 Å². The van der Waals surface area contributed by atoms with Crippen LogP contribution < -0.4 is 0 Å². The number of hydrogen-bond donors (Lipinski definition) is 0. The number of sulfone groups is 1. The molecular formula is C13H16ClN3O2S2. The van der Waals surface area contributed by atoms with Crippen molar-refractivity contribution in [3.63, 3.8) is 0 Å². The molecule has 114 valence electrons. The van der Waals surface area contributed by atoms with Crippen molar-refractivity contribution in [2.75, 3.05) is 18.1 Å². The number of rotatable bonds is 3. The summed E-state index contributed by atoms with van der Waals surface area (Å²) in [4.78, 5) is 3.25. The van der Waals surface area contributed by atoms with Gasteiger partial charge in [-0.2, -0.15) is 5.10 Å². The number of hydrogen-bond acceptors (Lipinski definition) is 5. The fraction of sp³-hybridized carbons (Fsp3) is 0.462. The maximum Gasteiger partial charge on any atom is 0.153 e. The van der Waals surface area contributed by atoms with Crippen molar-refractivity contribution in [3.05, 3.63) is 39.3 Å². The van der Waals surface area contributed by atoms with E-state index >= 15 is 0 Å². The van der Waals surface area contributed by atoms with Crippen molar-refractivity contribution in [2.24, 2.45) is 7.05 Å². The molecule has 1 saturated heterocycles. The molecule has 0 N–H and O–H groups in total. The standard InChI is InChI=1S/C13H16ClN3O2S2/c1-16-7-10(6-15-16)12-9-21(18,19)5-3-17(12)8-13-11(14)2-4-20-13/h2,4,6-7,12H,3,5,8-9H2,1H3/t12-/m0/s1. The van der Waals surface area contributed by atoms with E-state index in [2.05, 4.69) is 10.00 Å². The Morgan fingerprint density at radius 2 is 2.33 bits per heavy atom. The number of nitrogens with zero attached hydrogens (tertiary/aromatic N) is 3. The van der Waals surface area contributed by atoms with Gasteiger partial charge in [-0.05, 0) is 11.4 Å². The van der Waals surface area contributed by atoms with Gasteiger partial charge in [0.15, 0.2) is 9.84 Å². The molecule has 1 aliphatic rings. The SMILES string of the molecule is Cn1cc([C@@H]2CS(=O)(=O)CCN2Cc2sccc2Cl)cn1. The van der Waals surface area contributed by atoms with Gasteiger partial charge in [0.05, 0.1) is 28.8 Å². The average molecular weight is 346 g/mol. The van der Waals surface area contributed by atoms with Gasteiger partial charge in [-0.1, -0.05) is 11.6 Å². The summed E-state index contributed by atoms with van der Waals surface area (Å²) < 4.78 is 25.7. The van der Waals surface area contributed by atoms with E-state index < -0.39 is 9.84 Å². The first kappa shape index (κ1) is 15.0. The second-order valence-electron chi connectivity index (χ2n) is 5.24. The van der Waals surface area contributed by atoms with Crippen LogP contribution >= 0.6 is 22.9 Å². The van der Waals surface area contributed by atoms with Gasteiger partial charge in [0.1, 0.15) is 0 Å². The van der Waals surface area contributed by atoms with E-state index in [0.29, 0.717) is 13.1 Å². The maximum atomic E-state index is 12.0. The highest BCUT2D eigenvalue weighted by Crippen LogP contribution is 2.31. The van der Waals surface area contributed by atoms with Crippen LogP contribution in [0, 0.1) is 0 Å². The van der Waals surface area contributed by atoms with E-state index in [4.69, 9.17) is 11.6 Å². The van der Waals surface area contributed by atoms with Gasteiger partial charge >= 0.3 is 0 Å². The first-order chi connectivity index (χ1) is 9.94. The Kier molecular flexibility index (Phi) is 4.09. The van der Waals surface area contributed by atoms with Crippen molar-refractivity contribution >= 4 is 32.8 Å². The van der Waals surface area contributed by atoms with Crippen molar-refractivity contribution < 1.29 is 8.42 Å². The summed E-state index contributed by atoms with van der Waals surface area (Å²) in [6, 6.07) is 1.72. The molecule has 1 fully saturated rings. The van der Waals surface area contributed by atoms with Crippen LogP contribution in [0.2, 0.25) is 5.02 Å². The summed E-state index contributed by atoms with van der Waals surface area (Å²) in [6.07, 6.45) is 3.63. The molecule has 0 radical (unpaired) electrons. The molecule has 3 heterocycles. The van der Waals surface area contributed by atoms with E-state index in [1.807, 2.05) is 24.7 Å². The van der Waals surface area contributed by atoms with Gasteiger partial charge in [0.25, 0.3) is 0 Å². The van der Waals surface area contributed by atoms with Crippen LogP contribution in [0.5, 0.6) is 0 Å². The number of aryl methyl sites for hydroxylation is 1. The summed E-state index contributed by atoms with van der Waals surface area (Å²) in [7, 11) is -1.17. The molecule has 2 aromatic rings. The number of halogens is 1. The third-order valence-corrected chi connectivity index (χ3v) is 6.69. The van der Waals surface area contributed by atoms with Gasteiger partial charge in [-0.3, -0.25) is 9.58 Å². The fourth-order valence-corrected chi connectivity index (χ4v) is 5.26. The lowest BCUT2D eigenvalue weighted by Gasteiger charge is -2.34. The Labute approximate surface area is 133 Å². The van der Waals surface area contributed by atoms with E-state index in [-0.39, 0.29) is 17.5 Å². The third kappa shape index (κ3) is 3.31. The second-order valence-corrected chi connectivity index (χ2v) is 8.88. The fourth-order valence-electron chi connectivity index (χ4n) is 2.57. The van der Waals surface area contributed by atoms with Gasteiger partial charge in [0, 0.05) is 36.8 Å². The lowest BCUT2D eigenvalue weighted by Crippen LogP contribution is -2.42. The zero-order valence-corrected chi connectivity index (χ0v) is 14.0. The monoisotopic (exact) mass is 345 g/mol. The smallest absolute Gasteiger partial charge is 0.153 e. The molecule has 0 unspecified atom stereocenters. The molecule has 0 bridgehead atoms. The summed E-state index contributed by atoms with van der Waals surface area (Å²) in [5.74, 6) is 0.342. The Bertz CT molecular complexity index is 738. The van der Waals surface area contributed by atoms with Crippen LogP contribution in [0.15, 0.2) is 23.8 Å². The van der Waals surface area contributed by atoms with Crippen LogP contribution in [0.1, 0.15) is 16.5 Å². The molecule has 1 aliphatic heterocycles. The summed E-state index contributed by atoms with van der Waals surface area (Å²) in [6.45, 7) is 1.20. The zero-order valence-electron chi connectivity index (χ0n) is 11.6. The molecule has 2 aromatic heterocycles. The van der Waals surface area contributed by atoms with Gasteiger partial charge in [0.2, 0.25) is 0 Å². The van der Waals surface area contributed by atoms with Crippen LogP contribution in [-0.2, 0) is 23.4 Å². The minimum atomic E-state index is -3.00. The topological polar surface area (TPSA) is 55.2 Å². The van der Waals surface area contributed by atoms with Crippen molar-refractivity contribution in [1.82, 2.24) is 14.7 Å². The molecule has 3 rings (SSSR count). The normalized spacial score (nSPS) is 22.5. The van der Waals surface area contributed by atoms with Gasteiger partial charge in [-0.25, -0.2) is 8.42 Å². The van der Waals surface area contributed by atoms with Crippen LogP contribution in [-0.4, -0.2) is 41.1 Å². The first-order valence-corrected chi connectivity index (χ1v) is 9.67. The highest BCUT2D eigenvalue weighted by Gasteiger charge is 2.33. The largest absolute Gasteiger partial charge is 0.289 e. The summed E-state index contributed by atoms with van der Waals surface area (Å²) in [5.41, 5.74) is 0.938. The predicted octanol–water partition coefficient (Wildman–Crippen LogP) is 2.11. The molecule has 0 saturated carbocycles. The second kappa shape index (κ2) is 5.72. The lowest BCUT2D eigenvalue weighted by atomic mass is 10.1. The van der Waals surface area contributed by atoms with Gasteiger partial charge in [-0.15, -0.1) is 11.3 Å². The molecule has 0 aliphatic carbocycles. The van der Waals surface area contributed by atoms with E-state index in [1.165, 1.54) is 0 Å². The first-order valence-electron chi connectivity index (χ1n) is 6.59. The number of thiophene rings is 1. The molecule has 8 heteroatoms. The minimum Gasteiger partial charge on any atom is -0.289 e. The molecule has 21 heavy (non-hydrogen) atoms. The van der Waals surface area contributed by atoms with Crippen molar-refractivity contribution in [1.29, 1.82) is 0 Å². The highest BCUT2D eigenvalue weighted by atomic mass is 35.5. The zero-order chi connectivity index (χ0) is 15.0. The summed E-state index contributed by atoms with van der Waals surface area (Å²) in [5, 5.41) is 6.86. The number of aromatic nitrogens is 2. The van der Waals surface area contributed by atoms with Crippen molar-refractivity contribution in [3.8, 4) is 0 Å². The molecule has 1 atom stereocenters. The van der Waals surface area contributed by atoms with E-state index in [0.717, 1.165) is 15.5 Å². The molecule has 0 spiro atoms. The van der Waals surface area contributed by atoms with Crippen LogP contribution in [0.25, 0.3) is 0 Å². The Hall–Kier alpha value is -0.890. The maximum absolute atomic E-state index is 12.0. The molecule has 0 aromatic carbocycles. The van der Waals surface area contributed by atoms with Crippen LogP contribution in [0.3, 0.4) is 0 Å². The minimum absolute atomic E-state index is 0.141. The Balaban J connectivity index is 1.88. The third-order valence-electron chi connectivity index (χ3n) is 3.69.